The van der Waals surface area contributed by atoms with E-state index in [9.17, 15) is 4.79 Å². The zero-order valence-corrected chi connectivity index (χ0v) is 12.8. The number of carbonyl (C=O) groups excluding carboxylic acids is 1. The van der Waals surface area contributed by atoms with E-state index in [-0.39, 0.29) is 11.9 Å². The van der Waals surface area contributed by atoms with Crippen molar-refractivity contribution in [1.82, 2.24) is 10.3 Å². The van der Waals surface area contributed by atoms with Crippen LogP contribution < -0.4 is 10.1 Å². The van der Waals surface area contributed by atoms with Gasteiger partial charge in [-0.05, 0) is 36.8 Å². The molecule has 20 heavy (non-hydrogen) atoms. The molecule has 1 amide bonds. The molecule has 1 heterocycles. The summed E-state index contributed by atoms with van der Waals surface area (Å²) in [5.41, 5.74) is 1.45. The summed E-state index contributed by atoms with van der Waals surface area (Å²) >= 11 is 3.42. The van der Waals surface area contributed by atoms with Gasteiger partial charge in [-0.2, -0.15) is 0 Å². The molecule has 5 heteroatoms. The number of ether oxygens (including phenoxy) is 1. The van der Waals surface area contributed by atoms with Crippen molar-refractivity contribution in [2.75, 3.05) is 7.11 Å². The topological polar surface area (TPSA) is 51.2 Å². The average Bonchev–Trinajstić information content (AvgIpc) is 2.47. The van der Waals surface area contributed by atoms with Crippen LogP contribution in [-0.4, -0.2) is 18.0 Å². The van der Waals surface area contributed by atoms with Crippen LogP contribution in [0.1, 0.15) is 28.9 Å². The van der Waals surface area contributed by atoms with Gasteiger partial charge < -0.3 is 10.1 Å². The number of benzene rings is 1. The fraction of sp³-hybridized carbons (Fsp3) is 0.200. The Hall–Kier alpha value is -1.88. The van der Waals surface area contributed by atoms with Crippen molar-refractivity contribution in [3.63, 3.8) is 0 Å². The summed E-state index contributed by atoms with van der Waals surface area (Å²) in [5.74, 6) is 0.119. The Morgan fingerprint density at radius 1 is 1.35 bits per heavy atom. The van der Waals surface area contributed by atoms with Gasteiger partial charge in [0, 0.05) is 10.7 Å². The third-order valence-electron chi connectivity index (χ3n) is 2.91. The zero-order valence-electron chi connectivity index (χ0n) is 11.3. The molecule has 4 nitrogen and oxygen atoms in total. The first-order chi connectivity index (χ1) is 9.61. The molecule has 104 valence electrons. The van der Waals surface area contributed by atoms with E-state index in [1.807, 2.05) is 31.2 Å². The number of pyridine rings is 1. The predicted molar refractivity (Wildman–Crippen MR) is 80.8 cm³/mol. The lowest BCUT2D eigenvalue weighted by Crippen LogP contribution is -2.27. The lowest BCUT2D eigenvalue weighted by molar-refractivity contribution is 0.0936. The lowest BCUT2D eigenvalue weighted by Gasteiger charge is -2.15. The van der Waals surface area contributed by atoms with E-state index in [0.29, 0.717) is 11.4 Å². The summed E-state index contributed by atoms with van der Waals surface area (Å²) in [6, 6.07) is 11.1. The molecule has 0 fully saturated rings. The summed E-state index contributed by atoms with van der Waals surface area (Å²) < 4.78 is 6.07. The first kappa shape index (κ1) is 14.5. The Kier molecular flexibility index (Phi) is 4.74. The minimum absolute atomic E-state index is 0.107. The van der Waals surface area contributed by atoms with Crippen molar-refractivity contribution in [2.45, 2.75) is 13.0 Å². The van der Waals surface area contributed by atoms with E-state index in [2.05, 4.69) is 26.2 Å². The highest BCUT2D eigenvalue weighted by molar-refractivity contribution is 9.10. The number of rotatable bonds is 4. The predicted octanol–water partition coefficient (Wildman–Crippen LogP) is 3.34. The lowest BCUT2D eigenvalue weighted by atomic mass is 10.1. The van der Waals surface area contributed by atoms with Crippen LogP contribution in [0.2, 0.25) is 0 Å². The largest absolute Gasteiger partial charge is 0.480 e. The van der Waals surface area contributed by atoms with E-state index >= 15 is 0 Å². The van der Waals surface area contributed by atoms with E-state index in [0.717, 1.165) is 10.0 Å². The monoisotopic (exact) mass is 334 g/mol. The molecule has 1 aromatic heterocycles. The molecular formula is C15H15BrN2O2. The number of carbonyl (C=O) groups is 1. The van der Waals surface area contributed by atoms with Gasteiger partial charge in [-0.1, -0.05) is 28.1 Å². The van der Waals surface area contributed by atoms with Gasteiger partial charge in [-0.25, -0.2) is 4.98 Å². The molecule has 1 N–H and O–H groups in total. The first-order valence-electron chi connectivity index (χ1n) is 6.17. The number of halogens is 1. The standard InChI is InChI=1S/C15H15BrN2O2/c1-10(11-5-3-6-12(16)9-11)18-14(19)13-7-4-8-17-15(13)20-2/h3-10H,1-2H3,(H,18,19). The normalized spacial score (nSPS) is 11.8. The Bertz CT molecular complexity index is 616. The van der Waals surface area contributed by atoms with Crippen molar-refractivity contribution in [1.29, 1.82) is 0 Å². The Morgan fingerprint density at radius 2 is 2.15 bits per heavy atom. The maximum absolute atomic E-state index is 12.3. The number of nitrogens with one attached hydrogen (secondary N) is 1. The van der Waals surface area contributed by atoms with Crippen LogP contribution in [0.15, 0.2) is 47.1 Å². The van der Waals surface area contributed by atoms with Crippen molar-refractivity contribution in [3.05, 3.63) is 58.2 Å². The summed E-state index contributed by atoms with van der Waals surface area (Å²) in [6.45, 7) is 1.93. The molecule has 0 saturated heterocycles. The molecule has 1 unspecified atom stereocenters. The zero-order chi connectivity index (χ0) is 14.5. The van der Waals surface area contributed by atoms with Crippen molar-refractivity contribution < 1.29 is 9.53 Å². The van der Waals surface area contributed by atoms with E-state index in [1.54, 1.807) is 18.3 Å². The second-order valence-electron chi connectivity index (χ2n) is 4.31. The van der Waals surface area contributed by atoms with Crippen LogP contribution in [0.3, 0.4) is 0 Å². The summed E-state index contributed by atoms with van der Waals surface area (Å²) in [4.78, 5) is 16.3. The quantitative estimate of drug-likeness (QED) is 0.932. The van der Waals surface area contributed by atoms with Gasteiger partial charge in [0.25, 0.3) is 5.91 Å². The Balaban J connectivity index is 2.15. The van der Waals surface area contributed by atoms with Crippen molar-refractivity contribution in [3.8, 4) is 5.88 Å². The average molecular weight is 335 g/mol. The molecule has 0 aliphatic carbocycles. The molecule has 0 bridgehead atoms. The van der Waals surface area contributed by atoms with Crippen LogP contribution in [0.25, 0.3) is 0 Å². The number of hydrogen-bond acceptors (Lipinski definition) is 3. The maximum Gasteiger partial charge on any atom is 0.257 e. The number of methoxy groups -OCH3 is 1. The summed E-state index contributed by atoms with van der Waals surface area (Å²) in [5, 5.41) is 2.93. The van der Waals surface area contributed by atoms with E-state index < -0.39 is 0 Å². The summed E-state index contributed by atoms with van der Waals surface area (Å²) in [6.07, 6.45) is 1.59. The fourth-order valence-corrected chi connectivity index (χ4v) is 2.28. The number of hydrogen-bond donors (Lipinski definition) is 1. The Morgan fingerprint density at radius 3 is 2.85 bits per heavy atom. The van der Waals surface area contributed by atoms with Crippen molar-refractivity contribution in [2.24, 2.45) is 0 Å². The molecule has 0 spiro atoms. The SMILES string of the molecule is COc1ncccc1C(=O)NC(C)c1cccc(Br)c1. The fourth-order valence-electron chi connectivity index (χ4n) is 1.86. The van der Waals surface area contributed by atoms with Crippen molar-refractivity contribution >= 4 is 21.8 Å². The van der Waals surface area contributed by atoms with Gasteiger partial charge >= 0.3 is 0 Å². The molecular weight excluding hydrogens is 320 g/mol. The van der Waals surface area contributed by atoms with Crippen LogP contribution >= 0.6 is 15.9 Å². The van der Waals surface area contributed by atoms with Gasteiger partial charge in [0.2, 0.25) is 5.88 Å². The first-order valence-corrected chi connectivity index (χ1v) is 6.96. The van der Waals surface area contributed by atoms with Gasteiger partial charge in [-0.3, -0.25) is 4.79 Å². The van der Waals surface area contributed by atoms with Crippen LogP contribution in [0, 0.1) is 0 Å². The molecule has 1 atom stereocenters. The molecule has 0 saturated carbocycles. The Labute approximate surface area is 126 Å². The second kappa shape index (κ2) is 6.52. The molecule has 2 rings (SSSR count). The van der Waals surface area contributed by atoms with Gasteiger partial charge in [0.05, 0.1) is 13.2 Å². The molecule has 0 radical (unpaired) electrons. The van der Waals surface area contributed by atoms with Crippen LogP contribution in [-0.2, 0) is 0 Å². The van der Waals surface area contributed by atoms with Crippen LogP contribution in [0.4, 0.5) is 0 Å². The van der Waals surface area contributed by atoms with Gasteiger partial charge in [0.15, 0.2) is 0 Å². The second-order valence-corrected chi connectivity index (χ2v) is 5.23. The minimum atomic E-state index is -0.206. The smallest absolute Gasteiger partial charge is 0.257 e. The highest BCUT2D eigenvalue weighted by Crippen LogP contribution is 2.19. The van der Waals surface area contributed by atoms with Gasteiger partial charge in [0.1, 0.15) is 5.56 Å². The third-order valence-corrected chi connectivity index (χ3v) is 3.40. The molecule has 0 aliphatic heterocycles. The minimum Gasteiger partial charge on any atom is -0.480 e. The third kappa shape index (κ3) is 3.36. The molecule has 0 aliphatic rings. The highest BCUT2D eigenvalue weighted by atomic mass is 79.9. The summed E-state index contributed by atoms with van der Waals surface area (Å²) in [7, 11) is 1.50. The number of amides is 1. The van der Waals surface area contributed by atoms with E-state index in [4.69, 9.17) is 4.74 Å². The van der Waals surface area contributed by atoms with E-state index in [1.165, 1.54) is 7.11 Å². The molecule has 1 aromatic carbocycles. The van der Waals surface area contributed by atoms with Gasteiger partial charge in [-0.15, -0.1) is 0 Å². The number of nitrogens with zero attached hydrogens (tertiary/aromatic N) is 1. The number of aromatic nitrogens is 1. The maximum atomic E-state index is 12.3. The van der Waals surface area contributed by atoms with Crippen LogP contribution in [0.5, 0.6) is 5.88 Å². The highest BCUT2D eigenvalue weighted by Gasteiger charge is 2.16. The molecule has 2 aromatic rings.